The zero-order chi connectivity index (χ0) is 66.1. The van der Waals surface area contributed by atoms with Gasteiger partial charge in [0.25, 0.3) is 0 Å². The Kier molecular flexibility index (Phi) is 30.4. The number of esters is 1. The summed E-state index contributed by atoms with van der Waals surface area (Å²) in [4.78, 5) is 170. The highest BCUT2D eigenvalue weighted by molar-refractivity contribution is 6.00. The highest BCUT2D eigenvalue weighted by atomic mass is 16.5. The van der Waals surface area contributed by atoms with E-state index in [2.05, 4.69) is 75.4 Å². The third kappa shape index (κ3) is 22.2. The van der Waals surface area contributed by atoms with Gasteiger partial charge < -0.3 is 90.2 Å². The van der Waals surface area contributed by atoms with Gasteiger partial charge in [-0.15, -0.1) is 6.58 Å². The second-order valence-electron chi connectivity index (χ2n) is 22.5. The van der Waals surface area contributed by atoms with E-state index in [0.29, 0.717) is 6.42 Å². The van der Waals surface area contributed by atoms with Crippen LogP contribution in [0.5, 0.6) is 0 Å². The quantitative estimate of drug-likeness (QED) is 0.0239. The summed E-state index contributed by atoms with van der Waals surface area (Å²) in [6.07, 6.45) is 0.163. The minimum Gasteiger partial charge on any atom is -0.458 e. The van der Waals surface area contributed by atoms with Gasteiger partial charge in [0.05, 0.1) is 31.8 Å². The molecule has 1 saturated heterocycles. The maximum absolute atomic E-state index is 14.4. The van der Waals surface area contributed by atoms with Crippen molar-refractivity contribution >= 4 is 76.9 Å². The molecule has 0 aliphatic carbocycles. The van der Waals surface area contributed by atoms with E-state index >= 15 is 0 Å². The zero-order valence-corrected chi connectivity index (χ0v) is 51.9. The van der Waals surface area contributed by atoms with Gasteiger partial charge in [-0.1, -0.05) is 104 Å². The van der Waals surface area contributed by atoms with E-state index < -0.39 is 199 Å². The molecule has 0 saturated carbocycles. The van der Waals surface area contributed by atoms with E-state index in [1.165, 1.54) is 19.9 Å². The van der Waals surface area contributed by atoms with Gasteiger partial charge in [0.2, 0.25) is 65.0 Å². The lowest BCUT2D eigenvalue weighted by molar-refractivity contribution is -0.157. The predicted molar refractivity (Wildman–Crippen MR) is 322 cm³/mol. The fourth-order valence-electron chi connectivity index (χ4n) is 9.36. The number of nitrogens with one attached hydrogen (secondary N) is 12. The van der Waals surface area contributed by atoms with E-state index in [4.69, 9.17) is 16.2 Å². The molecule has 3 rings (SSSR count). The topological polar surface area (TPSA) is 463 Å². The highest BCUT2D eigenvalue weighted by Crippen LogP contribution is 2.17. The van der Waals surface area contributed by atoms with Crippen LogP contribution in [0, 0.1) is 23.7 Å². The SMILES string of the molecule is C=C[C@H](C)[C@H](NC(=O)[C@@H](Cc1ccccc1)NC)C(=O)N[C@@H](CO)C(=O)N[C@H](CCC(N)=O)C(=O)N[C@@H](C(=O)N[C@H](C(=O)N[C@@H](CO)C(=O)N[C@H]1C(=O)N[C@@H](C)C(=O)N[C@@H](C[C@H]2CN=C(N)N2)C(=O)N[C@@H]([C@@H](C)CC)C(=O)O[C@H]1C)[C@@H](C)CC)[C@@H](C)CC. The molecule has 11 amide bonds. The van der Waals surface area contributed by atoms with E-state index in [9.17, 15) is 67.7 Å². The minimum absolute atomic E-state index is 0.0122. The minimum atomic E-state index is -1.83. The van der Waals surface area contributed by atoms with Gasteiger partial charge >= 0.3 is 5.97 Å². The van der Waals surface area contributed by atoms with Gasteiger partial charge in [0, 0.05) is 12.3 Å². The molecule has 2 aliphatic rings. The van der Waals surface area contributed by atoms with E-state index in [-0.39, 0.29) is 38.2 Å². The number of guanidine groups is 1. The third-order valence-corrected chi connectivity index (χ3v) is 15.8. The summed E-state index contributed by atoms with van der Waals surface area (Å²) in [7, 11) is 1.58. The van der Waals surface area contributed by atoms with Crippen LogP contribution in [0.15, 0.2) is 48.0 Å². The predicted octanol–water partition coefficient (Wildman–Crippen LogP) is -4.48. The van der Waals surface area contributed by atoms with Crippen molar-refractivity contribution in [2.45, 2.75) is 186 Å². The van der Waals surface area contributed by atoms with Crippen molar-refractivity contribution in [3.8, 4) is 0 Å². The molecule has 1 aromatic rings. The molecule has 2 heterocycles. The van der Waals surface area contributed by atoms with Crippen LogP contribution >= 0.6 is 0 Å². The molecule has 18 N–H and O–H groups in total. The number of hydrogen-bond acceptors (Lipinski definition) is 19. The Balaban J connectivity index is 1.85. The van der Waals surface area contributed by atoms with Crippen LogP contribution in [0.25, 0.3) is 0 Å². The molecule has 0 unspecified atom stereocenters. The van der Waals surface area contributed by atoms with Crippen molar-refractivity contribution in [3.05, 3.63) is 48.6 Å². The Morgan fingerprint density at radius 3 is 1.73 bits per heavy atom. The van der Waals surface area contributed by atoms with Crippen LogP contribution in [0.4, 0.5) is 0 Å². The molecule has 0 bridgehead atoms. The van der Waals surface area contributed by atoms with Crippen molar-refractivity contribution in [1.29, 1.82) is 0 Å². The van der Waals surface area contributed by atoms with Gasteiger partial charge in [-0.05, 0) is 63.5 Å². The second-order valence-corrected chi connectivity index (χ2v) is 22.5. The fraction of sp³-hybridized carbons (Fsp3) is 0.638. The Labute approximate surface area is 513 Å². The first-order valence-corrected chi connectivity index (χ1v) is 29.7. The summed E-state index contributed by atoms with van der Waals surface area (Å²) in [5.74, 6) is -13.5. The Morgan fingerprint density at radius 1 is 0.682 bits per heavy atom. The number of hydrogen-bond donors (Lipinski definition) is 16. The average Bonchev–Trinajstić information content (AvgIpc) is 4.12. The second kappa shape index (κ2) is 36.2. The van der Waals surface area contributed by atoms with Crippen LogP contribution in [0.3, 0.4) is 0 Å². The number of amides is 11. The van der Waals surface area contributed by atoms with Crippen LogP contribution in [0.1, 0.15) is 106 Å². The lowest BCUT2D eigenvalue weighted by Gasteiger charge is -2.31. The Bertz CT molecular complexity index is 2650. The summed E-state index contributed by atoms with van der Waals surface area (Å²) in [5.41, 5.74) is 12.1. The number of aliphatic hydroxyl groups is 2. The van der Waals surface area contributed by atoms with Crippen molar-refractivity contribution in [2.75, 3.05) is 26.8 Å². The summed E-state index contributed by atoms with van der Waals surface area (Å²) < 4.78 is 5.72. The average molecular weight is 1240 g/mol. The molecule has 1 fully saturated rings. The van der Waals surface area contributed by atoms with Crippen LogP contribution in [-0.4, -0.2) is 193 Å². The van der Waals surface area contributed by atoms with Crippen molar-refractivity contribution in [2.24, 2.45) is 40.1 Å². The largest absolute Gasteiger partial charge is 0.458 e. The lowest BCUT2D eigenvalue weighted by atomic mass is 9.94. The number of likely N-dealkylation sites (N-methyl/N-ethyl adjacent to an activating group) is 1. The number of ether oxygens (including phenoxy) is 1. The smallest absolute Gasteiger partial charge is 0.329 e. The summed E-state index contributed by atoms with van der Waals surface area (Å²) >= 11 is 0. The molecule has 490 valence electrons. The van der Waals surface area contributed by atoms with Gasteiger partial charge in [0.15, 0.2) is 5.96 Å². The molecule has 30 nitrogen and oxygen atoms in total. The van der Waals surface area contributed by atoms with E-state index in [0.717, 1.165) is 5.56 Å². The third-order valence-electron chi connectivity index (χ3n) is 15.8. The maximum Gasteiger partial charge on any atom is 0.329 e. The number of aliphatic imine (C=N–C) groups is 1. The van der Waals surface area contributed by atoms with Gasteiger partial charge in [-0.2, -0.15) is 0 Å². The van der Waals surface area contributed by atoms with Crippen molar-refractivity contribution in [3.63, 3.8) is 0 Å². The first-order chi connectivity index (χ1) is 41.6. The highest BCUT2D eigenvalue weighted by Gasteiger charge is 2.41. The van der Waals surface area contributed by atoms with Crippen LogP contribution in [-0.2, 0) is 68.7 Å². The van der Waals surface area contributed by atoms with Crippen molar-refractivity contribution in [1.82, 2.24) is 63.8 Å². The molecular weight excluding hydrogens is 1150 g/mol. The summed E-state index contributed by atoms with van der Waals surface area (Å²) in [6.45, 7) is 16.1. The number of aliphatic hydroxyl groups excluding tert-OH is 2. The first-order valence-electron chi connectivity index (χ1n) is 29.7. The number of nitrogens with zero attached hydrogens (tertiary/aromatic N) is 1. The number of carbonyl (C=O) groups is 12. The fourth-order valence-corrected chi connectivity index (χ4v) is 9.36. The first kappa shape index (κ1) is 74.0. The van der Waals surface area contributed by atoms with Gasteiger partial charge in [-0.3, -0.25) is 57.7 Å². The maximum atomic E-state index is 14.4. The number of rotatable bonds is 32. The van der Waals surface area contributed by atoms with E-state index in [1.807, 2.05) is 30.3 Å². The number of carbonyl (C=O) groups excluding carboxylic acids is 12. The number of primary amides is 1. The Hall–Kier alpha value is -8.25. The molecule has 30 heteroatoms. The molecule has 2 aliphatic heterocycles. The molecule has 0 aromatic heterocycles. The molecule has 0 spiro atoms. The van der Waals surface area contributed by atoms with Gasteiger partial charge in [-0.25, -0.2) is 4.79 Å². The monoisotopic (exact) mass is 1240 g/mol. The molecule has 0 radical (unpaired) electrons. The summed E-state index contributed by atoms with van der Waals surface area (Å²) in [6, 6.07) is -7.15. The standard InChI is InChI=1S/C58H93N15O15/c1-12-28(5)42(70-49(79)37(61-11)23-34-19-17-16-18-20-34)53(83)67-39(26-74)51(81)65-36(21-22-41(59)76)48(78)69-44(30(7)14-3)55(85)71-43(29(6)13-2)54(84)68-40(27-75)52(82)73-46-33(10)88-57(87)45(31(8)15-4)72-50(80)38(24-35-25-62-58(60)64-35)66-47(77)32(9)63-56(46)86/h12,16-20,28-33,35-40,42-46,61,74-75H,1,13-15,21-27H2,2-11H3,(H2,59,76)(H,63,86)(H,65,81)(H,66,77)(H,67,83)(H,68,84)(H,69,78)(H,70,79)(H,71,85)(H,72,80)(H,73,82)(H3,60,62,64)/t28-,29-,30-,31-,32-,33-,35-,36+,37+,38-,39-,40-,42-,43-,44+,45-,46+/m0/s1. The Morgan fingerprint density at radius 2 is 1.20 bits per heavy atom. The summed E-state index contributed by atoms with van der Waals surface area (Å²) in [5, 5.41) is 52.0. The van der Waals surface area contributed by atoms with Crippen molar-refractivity contribution < 1.29 is 72.5 Å². The molecule has 17 atom stereocenters. The number of cyclic esters (lactones) is 1. The molecule has 88 heavy (non-hydrogen) atoms. The van der Waals surface area contributed by atoms with Crippen LogP contribution < -0.4 is 75.3 Å². The zero-order valence-electron chi connectivity index (χ0n) is 51.9. The molecule has 1 aromatic carbocycles. The molecular formula is C58H93N15O15. The van der Waals surface area contributed by atoms with E-state index in [1.54, 1.807) is 55.5 Å². The normalized spacial score (nSPS) is 22.7. The van der Waals surface area contributed by atoms with Crippen LogP contribution in [0.2, 0.25) is 0 Å². The van der Waals surface area contributed by atoms with Gasteiger partial charge in [0.1, 0.15) is 66.5 Å². The lowest BCUT2D eigenvalue weighted by Crippen LogP contribution is -2.63. The number of benzene rings is 1. The number of nitrogens with two attached hydrogens (primary N) is 2.